The number of hydrogen-bond acceptors (Lipinski definition) is 2. The van der Waals surface area contributed by atoms with Crippen molar-refractivity contribution >= 4 is 17.7 Å². The van der Waals surface area contributed by atoms with Crippen LogP contribution in [-0.2, 0) is 17.0 Å². The maximum Gasteiger partial charge on any atom is 0.307 e. The van der Waals surface area contributed by atoms with Crippen molar-refractivity contribution in [1.82, 2.24) is 0 Å². The lowest BCUT2D eigenvalue weighted by Gasteiger charge is -2.11. The molecule has 0 bridgehead atoms. The minimum atomic E-state index is -0.790. The first-order chi connectivity index (χ1) is 9.95. The minimum Gasteiger partial charge on any atom is -0.481 e. The molecule has 21 heavy (non-hydrogen) atoms. The highest BCUT2D eigenvalue weighted by molar-refractivity contribution is 7.98. The van der Waals surface area contributed by atoms with Crippen LogP contribution in [-0.4, -0.2) is 11.1 Å². The number of rotatable bonds is 5. The summed E-state index contributed by atoms with van der Waals surface area (Å²) in [5.41, 5.74) is 6.21. The highest BCUT2D eigenvalue weighted by Gasteiger charge is 2.05. The Morgan fingerprint density at radius 1 is 1.05 bits per heavy atom. The lowest BCUT2D eigenvalue weighted by molar-refractivity contribution is -0.136. The molecule has 0 amide bonds. The Kier molecular flexibility index (Phi) is 5.07. The molecule has 0 aliphatic rings. The molecule has 3 heteroatoms. The Bertz CT molecular complexity index is 622. The van der Waals surface area contributed by atoms with Gasteiger partial charge in [0.25, 0.3) is 0 Å². The molecule has 0 radical (unpaired) electrons. The molecule has 0 saturated heterocycles. The van der Waals surface area contributed by atoms with Gasteiger partial charge in [-0.1, -0.05) is 29.8 Å². The Morgan fingerprint density at radius 3 is 2.14 bits per heavy atom. The number of aryl methyl sites for hydroxylation is 3. The highest BCUT2D eigenvalue weighted by Crippen LogP contribution is 2.27. The van der Waals surface area contributed by atoms with Crippen LogP contribution in [0.3, 0.4) is 0 Å². The van der Waals surface area contributed by atoms with Crippen LogP contribution in [0.25, 0.3) is 0 Å². The van der Waals surface area contributed by atoms with Gasteiger partial charge in [-0.3, -0.25) is 4.79 Å². The Morgan fingerprint density at radius 2 is 1.62 bits per heavy atom. The molecule has 0 aliphatic carbocycles. The molecule has 1 N–H and O–H groups in total. The Balaban J connectivity index is 2.05. The summed E-state index contributed by atoms with van der Waals surface area (Å²) >= 11 is 1.79. The van der Waals surface area contributed by atoms with Crippen molar-refractivity contribution in [3.05, 3.63) is 64.2 Å². The third-order valence-electron chi connectivity index (χ3n) is 3.50. The quantitative estimate of drug-likeness (QED) is 0.824. The first kappa shape index (κ1) is 15.6. The van der Waals surface area contributed by atoms with E-state index in [1.807, 2.05) is 24.3 Å². The largest absolute Gasteiger partial charge is 0.481 e. The molecular weight excluding hydrogens is 280 g/mol. The Hall–Kier alpha value is -1.74. The second kappa shape index (κ2) is 6.81. The molecule has 2 rings (SSSR count). The summed E-state index contributed by atoms with van der Waals surface area (Å²) in [4.78, 5) is 11.8. The molecular formula is C18H20O2S. The van der Waals surface area contributed by atoms with Gasteiger partial charge < -0.3 is 5.11 Å². The van der Waals surface area contributed by atoms with Crippen molar-refractivity contribution in [2.75, 3.05) is 0 Å². The normalized spacial score (nSPS) is 10.6. The van der Waals surface area contributed by atoms with Gasteiger partial charge in [0, 0.05) is 10.6 Å². The molecule has 0 unspecified atom stereocenters. The predicted octanol–water partition coefficient (Wildman–Crippen LogP) is 4.53. The van der Waals surface area contributed by atoms with Crippen molar-refractivity contribution in [2.24, 2.45) is 0 Å². The zero-order valence-electron chi connectivity index (χ0n) is 12.6. The third kappa shape index (κ3) is 4.36. The number of benzene rings is 2. The van der Waals surface area contributed by atoms with E-state index in [4.69, 9.17) is 5.11 Å². The van der Waals surface area contributed by atoms with Crippen molar-refractivity contribution in [3.8, 4) is 0 Å². The van der Waals surface area contributed by atoms with Gasteiger partial charge in [-0.05, 0) is 55.2 Å². The smallest absolute Gasteiger partial charge is 0.307 e. The highest BCUT2D eigenvalue weighted by atomic mass is 32.2. The van der Waals surface area contributed by atoms with Crippen LogP contribution in [0.4, 0.5) is 0 Å². The molecule has 110 valence electrons. The van der Waals surface area contributed by atoms with E-state index >= 15 is 0 Å². The second-order valence-electron chi connectivity index (χ2n) is 5.38. The third-order valence-corrected chi connectivity index (χ3v) is 4.54. The van der Waals surface area contributed by atoms with Crippen molar-refractivity contribution < 1.29 is 9.90 Å². The van der Waals surface area contributed by atoms with Gasteiger partial charge in [-0.15, -0.1) is 11.8 Å². The van der Waals surface area contributed by atoms with Crippen molar-refractivity contribution in [3.63, 3.8) is 0 Å². The number of thioether (sulfide) groups is 1. The van der Waals surface area contributed by atoms with Crippen LogP contribution in [0.15, 0.2) is 41.3 Å². The molecule has 2 aromatic rings. The van der Waals surface area contributed by atoms with E-state index in [1.54, 1.807) is 11.8 Å². The van der Waals surface area contributed by atoms with E-state index in [9.17, 15) is 4.79 Å². The van der Waals surface area contributed by atoms with Gasteiger partial charge in [0.1, 0.15) is 0 Å². The molecule has 0 saturated carbocycles. The maximum atomic E-state index is 10.7. The fourth-order valence-electron chi connectivity index (χ4n) is 2.47. The SMILES string of the molecule is Cc1cc(C)c(CSc2ccc(CC(=O)O)cc2)c(C)c1. The average molecular weight is 300 g/mol. The molecule has 2 nitrogen and oxygen atoms in total. The summed E-state index contributed by atoms with van der Waals surface area (Å²) in [6.07, 6.45) is 0.0844. The number of hydrogen-bond donors (Lipinski definition) is 1. The molecule has 2 aromatic carbocycles. The first-order valence-electron chi connectivity index (χ1n) is 6.96. The summed E-state index contributed by atoms with van der Waals surface area (Å²) in [5, 5.41) is 8.77. The van der Waals surface area contributed by atoms with Crippen LogP contribution in [0.1, 0.15) is 27.8 Å². The van der Waals surface area contributed by atoms with Gasteiger partial charge in [0.2, 0.25) is 0 Å². The van der Waals surface area contributed by atoms with Gasteiger partial charge in [0.15, 0.2) is 0 Å². The Labute approximate surface area is 130 Å². The number of carbonyl (C=O) groups is 1. The number of aliphatic carboxylic acids is 1. The van der Waals surface area contributed by atoms with E-state index in [1.165, 1.54) is 27.1 Å². The van der Waals surface area contributed by atoms with E-state index in [-0.39, 0.29) is 6.42 Å². The van der Waals surface area contributed by atoms with E-state index < -0.39 is 5.97 Å². The molecule has 0 heterocycles. The first-order valence-corrected chi connectivity index (χ1v) is 7.94. The van der Waals surface area contributed by atoms with E-state index in [0.717, 1.165) is 11.3 Å². The summed E-state index contributed by atoms with van der Waals surface area (Å²) in [6.45, 7) is 6.44. The van der Waals surface area contributed by atoms with Gasteiger partial charge in [-0.25, -0.2) is 0 Å². The van der Waals surface area contributed by atoms with Crippen molar-refractivity contribution in [2.45, 2.75) is 37.8 Å². The second-order valence-corrected chi connectivity index (χ2v) is 6.43. The van der Waals surface area contributed by atoms with Gasteiger partial charge in [0.05, 0.1) is 6.42 Å². The van der Waals surface area contributed by atoms with Crippen LogP contribution >= 0.6 is 11.8 Å². The van der Waals surface area contributed by atoms with E-state index in [2.05, 4.69) is 32.9 Å². The number of carboxylic acid groups (broad SMARTS) is 1. The van der Waals surface area contributed by atoms with E-state index in [0.29, 0.717) is 0 Å². The molecule has 0 aliphatic heterocycles. The summed E-state index contributed by atoms with van der Waals surface area (Å²) in [5.74, 6) is 0.150. The molecule has 0 fully saturated rings. The average Bonchev–Trinajstić information content (AvgIpc) is 2.38. The monoisotopic (exact) mass is 300 g/mol. The molecule has 0 atom stereocenters. The summed E-state index contributed by atoms with van der Waals surface area (Å²) < 4.78 is 0. The molecule has 0 aromatic heterocycles. The zero-order valence-corrected chi connectivity index (χ0v) is 13.5. The maximum absolute atomic E-state index is 10.7. The lowest BCUT2D eigenvalue weighted by Crippen LogP contribution is -1.99. The predicted molar refractivity (Wildman–Crippen MR) is 88.0 cm³/mol. The van der Waals surface area contributed by atoms with Gasteiger partial charge >= 0.3 is 5.97 Å². The zero-order chi connectivity index (χ0) is 15.4. The fraction of sp³-hybridized carbons (Fsp3) is 0.278. The van der Waals surface area contributed by atoms with Crippen LogP contribution < -0.4 is 0 Å². The fourth-order valence-corrected chi connectivity index (χ4v) is 3.57. The topological polar surface area (TPSA) is 37.3 Å². The summed E-state index contributed by atoms with van der Waals surface area (Å²) in [7, 11) is 0. The summed E-state index contributed by atoms with van der Waals surface area (Å²) in [6, 6.07) is 12.2. The van der Waals surface area contributed by atoms with Gasteiger partial charge in [-0.2, -0.15) is 0 Å². The van der Waals surface area contributed by atoms with Crippen molar-refractivity contribution in [1.29, 1.82) is 0 Å². The number of carboxylic acids is 1. The minimum absolute atomic E-state index is 0.0844. The molecule has 0 spiro atoms. The van der Waals surface area contributed by atoms with Crippen LogP contribution in [0.2, 0.25) is 0 Å². The lowest BCUT2D eigenvalue weighted by atomic mass is 10.0. The van der Waals surface area contributed by atoms with Crippen LogP contribution in [0.5, 0.6) is 0 Å². The standard InChI is InChI=1S/C18H20O2S/c1-12-8-13(2)17(14(3)9-12)11-21-16-6-4-15(5-7-16)10-18(19)20/h4-9H,10-11H2,1-3H3,(H,19,20). The van der Waals surface area contributed by atoms with Crippen LogP contribution in [0, 0.1) is 20.8 Å².